The predicted octanol–water partition coefficient (Wildman–Crippen LogP) is 0.971. The third-order valence-electron chi connectivity index (χ3n) is 1.84. The quantitative estimate of drug-likeness (QED) is 0.734. The van der Waals surface area contributed by atoms with Gasteiger partial charge in [-0.15, -0.1) is 17.9 Å². The fourth-order valence-corrected chi connectivity index (χ4v) is 1.79. The highest BCUT2D eigenvalue weighted by Crippen LogP contribution is 2.10. The molecule has 0 fully saturated rings. The molecular formula is C10H15N3OS. The van der Waals surface area contributed by atoms with Crippen molar-refractivity contribution in [1.29, 1.82) is 0 Å². The van der Waals surface area contributed by atoms with Gasteiger partial charge in [0.05, 0.1) is 12.6 Å². The minimum atomic E-state index is -0.511. The number of aryl methyl sites for hydroxylation is 1. The minimum Gasteiger partial charge on any atom is -0.348 e. The second-order valence-electron chi connectivity index (χ2n) is 3.21. The van der Waals surface area contributed by atoms with E-state index in [0.29, 0.717) is 13.0 Å². The third kappa shape index (κ3) is 3.81. The molecule has 1 unspecified atom stereocenters. The maximum absolute atomic E-state index is 11.4. The minimum absolute atomic E-state index is 0.164. The molecule has 82 valence electrons. The molecule has 0 aliphatic rings. The van der Waals surface area contributed by atoms with Crippen LogP contribution in [-0.2, 0) is 11.3 Å². The molecule has 0 spiro atoms. The lowest BCUT2D eigenvalue weighted by Crippen LogP contribution is -2.39. The number of nitrogens with one attached hydrogen (secondary N) is 1. The summed E-state index contributed by atoms with van der Waals surface area (Å²) in [6.45, 7) is 5.96. The van der Waals surface area contributed by atoms with Crippen molar-refractivity contribution in [3.8, 4) is 0 Å². The maximum Gasteiger partial charge on any atom is 0.237 e. The molecule has 3 N–H and O–H groups in total. The summed E-state index contributed by atoms with van der Waals surface area (Å²) < 4.78 is 0. The van der Waals surface area contributed by atoms with Crippen molar-refractivity contribution in [2.75, 3.05) is 0 Å². The number of carbonyl (C=O) groups excluding carboxylic acids is 1. The van der Waals surface area contributed by atoms with Crippen molar-refractivity contribution in [2.45, 2.75) is 25.9 Å². The molecule has 1 amide bonds. The summed E-state index contributed by atoms with van der Waals surface area (Å²) in [5.74, 6) is -0.164. The maximum atomic E-state index is 11.4. The SMILES string of the molecule is C=CCC(N)C(=O)NCc1ncc(C)s1. The topological polar surface area (TPSA) is 68.0 Å². The molecule has 5 heteroatoms. The molecular weight excluding hydrogens is 210 g/mol. The van der Waals surface area contributed by atoms with E-state index in [9.17, 15) is 4.79 Å². The second kappa shape index (κ2) is 5.63. The van der Waals surface area contributed by atoms with Crippen molar-refractivity contribution in [3.63, 3.8) is 0 Å². The molecule has 1 heterocycles. The van der Waals surface area contributed by atoms with E-state index in [0.717, 1.165) is 9.88 Å². The molecule has 0 saturated carbocycles. The van der Waals surface area contributed by atoms with E-state index in [2.05, 4.69) is 16.9 Å². The van der Waals surface area contributed by atoms with Gasteiger partial charge in [-0.2, -0.15) is 0 Å². The lowest BCUT2D eigenvalue weighted by atomic mass is 10.2. The fourth-order valence-electron chi connectivity index (χ4n) is 1.06. The van der Waals surface area contributed by atoms with Crippen LogP contribution in [0.4, 0.5) is 0 Å². The summed E-state index contributed by atoms with van der Waals surface area (Å²) in [6, 6.07) is -0.511. The average molecular weight is 225 g/mol. The van der Waals surface area contributed by atoms with E-state index >= 15 is 0 Å². The molecule has 0 bridgehead atoms. The number of hydrogen-bond donors (Lipinski definition) is 2. The summed E-state index contributed by atoms with van der Waals surface area (Å²) >= 11 is 1.57. The van der Waals surface area contributed by atoms with E-state index in [1.54, 1.807) is 23.6 Å². The Balaban J connectivity index is 2.37. The summed E-state index contributed by atoms with van der Waals surface area (Å²) in [5, 5.41) is 3.63. The molecule has 0 radical (unpaired) electrons. The van der Waals surface area contributed by atoms with Crippen LogP contribution in [0, 0.1) is 6.92 Å². The van der Waals surface area contributed by atoms with Gasteiger partial charge in [-0.05, 0) is 13.3 Å². The van der Waals surface area contributed by atoms with Gasteiger partial charge in [-0.25, -0.2) is 4.98 Å². The number of nitrogens with two attached hydrogens (primary N) is 1. The Morgan fingerprint density at radius 2 is 2.60 bits per heavy atom. The Hall–Kier alpha value is -1.20. The van der Waals surface area contributed by atoms with Gasteiger partial charge >= 0.3 is 0 Å². The average Bonchev–Trinajstić information content (AvgIpc) is 2.61. The van der Waals surface area contributed by atoms with Gasteiger partial charge in [0.25, 0.3) is 0 Å². The normalized spacial score (nSPS) is 12.1. The lowest BCUT2D eigenvalue weighted by Gasteiger charge is -2.08. The van der Waals surface area contributed by atoms with Crippen LogP contribution >= 0.6 is 11.3 Å². The van der Waals surface area contributed by atoms with Gasteiger partial charge in [0.1, 0.15) is 5.01 Å². The summed E-state index contributed by atoms with van der Waals surface area (Å²) in [4.78, 5) is 16.7. The van der Waals surface area contributed by atoms with E-state index in [1.165, 1.54) is 0 Å². The Morgan fingerprint density at radius 1 is 1.87 bits per heavy atom. The molecule has 1 aromatic rings. The second-order valence-corrected chi connectivity index (χ2v) is 4.53. The van der Waals surface area contributed by atoms with Crippen molar-refractivity contribution < 1.29 is 4.79 Å². The molecule has 0 aliphatic carbocycles. The Kier molecular flexibility index (Phi) is 4.45. The van der Waals surface area contributed by atoms with Crippen molar-refractivity contribution in [2.24, 2.45) is 5.73 Å². The lowest BCUT2D eigenvalue weighted by molar-refractivity contribution is -0.122. The zero-order chi connectivity index (χ0) is 11.3. The Morgan fingerprint density at radius 3 is 3.13 bits per heavy atom. The largest absolute Gasteiger partial charge is 0.348 e. The number of aromatic nitrogens is 1. The van der Waals surface area contributed by atoms with Gasteiger partial charge in [0.15, 0.2) is 0 Å². The Bertz CT molecular complexity index is 348. The number of carbonyl (C=O) groups is 1. The van der Waals surface area contributed by atoms with Crippen LogP contribution in [0.5, 0.6) is 0 Å². The molecule has 1 atom stereocenters. The predicted molar refractivity (Wildman–Crippen MR) is 61.5 cm³/mol. The standard InChI is InChI=1S/C10H15N3OS/c1-3-4-8(11)10(14)13-6-9-12-5-7(2)15-9/h3,5,8H,1,4,6,11H2,2H3,(H,13,14). The summed E-state index contributed by atoms with van der Waals surface area (Å²) in [7, 11) is 0. The van der Waals surface area contributed by atoms with Crippen molar-refractivity contribution in [1.82, 2.24) is 10.3 Å². The Labute approximate surface area is 93.2 Å². The number of nitrogens with zero attached hydrogens (tertiary/aromatic N) is 1. The number of rotatable bonds is 5. The van der Waals surface area contributed by atoms with E-state index in [1.807, 2.05) is 6.92 Å². The molecule has 0 saturated heterocycles. The van der Waals surface area contributed by atoms with Crippen LogP contribution in [-0.4, -0.2) is 16.9 Å². The highest BCUT2D eigenvalue weighted by Gasteiger charge is 2.11. The molecule has 1 rings (SSSR count). The van der Waals surface area contributed by atoms with E-state index < -0.39 is 6.04 Å². The fraction of sp³-hybridized carbons (Fsp3) is 0.400. The van der Waals surface area contributed by atoms with Crippen molar-refractivity contribution in [3.05, 3.63) is 28.7 Å². The van der Waals surface area contributed by atoms with E-state index in [-0.39, 0.29) is 5.91 Å². The number of amides is 1. The van der Waals surface area contributed by atoms with Gasteiger partial charge in [-0.1, -0.05) is 6.08 Å². The first-order chi connectivity index (χ1) is 7.13. The van der Waals surface area contributed by atoms with Crippen LogP contribution in [0.15, 0.2) is 18.9 Å². The molecule has 0 aromatic carbocycles. The van der Waals surface area contributed by atoms with Gasteiger partial charge < -0.3 is 11.1 Å². The van der Waals surface area contributed by atoms with Crippen LogP contribution in [0.2, 0.25) is 0 Å². The first-order valence-corrected chi connectivity index (χ1v) is 5.50. The zero-order valence-corrected chi connectivity index (χ0v) is 9.51. The highest BCUT2D eigenvalue weighted by atomic mass is 32.1. The smallest absolute Gasteiger partial charge is 0.237 e. The highest BCUT2D eigenvalue weighted by molar-refractivity contribution is 7.11. The van der Waals surface area contributed by atoms with Crippen LogP contribution in [0.1, 0.15) is 16.3 Å². The van der Waals surface area contributed by atoms with Crippen LogP contribution < -0.4 is 11.1 Å². The summed E-state index contributed by atoms with van der Waals surface area (Å²) in [5.41, 5.74) is 5.60. The summed E-state index contributed by atoms with van der Waals surface area (Å²) in [6.07, 6.45) is 3.91. The van der Waals surface area contributed by atoms with E-state index in [4.69, 9.17) is 5.73 Å². The van der Waals surface area contributed by atoms with Crippen LogP contribution in [0.3, 0.4) is 0 Å². The number of thiazole rings is 1. The van der Waals surface area contributed by atoms with Gasteiger partial charge in [0.2, 0.25) is 5.91 Å². The molecule has 4 nitrogen and oxygen atoms in total. The first-order valence-electron chi connectivity index (χ1n) is 4.69. The zero-order valence-electron chi connectivity index (χ0n) is 8.69. The van der Waals surface area contributed by atoms with Crippen LogP contribution in [0.25, 0.3) is 0 Å². The third-order valence-corrected chi connectivity index (χ3v) is 2.75. The molecule has 15 heavy (non-hydrogen) atoms. The van der Waals surface area contributed by atoms with Gasteiger partial charge in [0, 0.05) is 11.1 Å². The van der Waals surface area contributed by atoms with Gasteiger partial charge in [-0.3, -0.25) is 4.79 Å². The first kappa shape index (κ1) is 11.9. The molecule has 0 aliphatic heterocycles. The monoisotopic (exact) mass is 225 g/mol. The number of hydrogen-bond acceptors (Lipinski definition) is 4. The van der Waals surface area contributed by atoms with Crippen molar-refractivity contribution >= 4 is 17.2 Å². The molecule has 1 aromatic heterocycles.